The van der Waals surface area contributed by atoms with E-state index in [-0.39, 0.29) is 5.92 Å². The third-order valence-corrected chi connectivity index (χ3v) is 4.55. The standard InChI is InChI=1S/C14H26N2O/c1-11(10-15)14(17)16-9-5-8-13(16)12-6-3-2-4-7-12/h11-13H,2-10,15H2,1H3. The predicted molar refractivity (Wildman–Crippen MR) is 69.5 cm³/mol. The molecule has 1 saturated carbocycles. The van der Waals surface area contributed by atoms with Crippen molar-refractivity contribution in [1.82, 2.24) is 4.90 Å². The molecule has 3 heteroatoms. The van der Waals surface area contributed by atoms with Crippen LogP contribution >= 0.6 is 0 Å². The molecule has 0 radical (unpaired) electrons. The predicted octanol–water partition coefficient (Wildman–Crippen LogP) is 2.15. The Kier molecular flexibility index (Phi) is 4.43. The van der Waals surface area contributed by atoms with Gasteiger partial charge in [-0.1, -0.05) is 26.2 Å². The van der Waals surface area contributed by atoms with Gasteiger partial charge in [-0.25, -0.2) is 0 Å². The molecule has 2 atom stereocenters. The Labute approximate surface area is 105 Å². The van der Waals surface area contributed by atoms with Crippen molar-refractivity contribution in [3.63, 3.8) is 0 Å². The van der Waals surface area contributed by atoms with E-state index in [1.165, 1.54) is 44.9 Å². The quantitative estimate of drug-likeness (QED) is 0.819. The second kappa shape index (κ2) is 5.85. The topological polar surface area (TPSA) is 46.3 Å². The third-order valence-electron chi connectivity index (χ3n) is 4.55. The van der Waals surface area contributed by atoms with E-state index in [1.54, 1.807) is 0 Å². The molecule has 2 N–H and O–H groups in total. The van der Waals surface area contributed by atoms with Gasteiger partial charge >= 0.3 is 0 Å². The molecular formula is C14H26N2O. The summed E-state index contributed by atoms with van der Waals surface area (Å²) in [7, 11) is 0. The SMILES string of the molecule is CC(CN)C(=O)N1CCCC1C1CCCCC1. The van der Waals surface area contributed by atoms with E-state index in [1.807, 2.05) is 6.92 Å². The van der Waals surface area contributed by atoms with Crippen LogP contribution in [0, 0.1) is 11.8 Å². The lowest BCUT2D eigenvalue weighted by atomic mass is 9.82. The molecule has 2 aliphatic rings. The summed E-state index contributed by atoms with van der Waals surface area (Å²) in [5.41, 5.74) is 5.62. The van der Waals surface area contributed by atoms with Crippen molar-refractivity contribution in [2.45, 2.75) is 57.9 Å². The van der Waals surface area contributed by atoms with Gasteiger partial charge in [0.1, 0.15) is 0 Å². The molecule has 0 aromatic carbocycles. The number of nitrogens with zero attached hydrogens (tertiary/aromatic N) is 1. The van der Waals surface area contributed by atoms with Crippen molar-refractivity contribution >= 4 is 5.91 Å². The fourth-order valence-electron chi connectivity index (χ4n) is 3.46. The number of likely N-dealkylation sites (tertiary alicyclic amines) is 1. The summed E-state index contributed by atoms with van der Waals surface area (Å²) in [4.78, 5) is 14.4. The first-order valence-corrected chi connectivity index (χ1v) is 7.24. The molecule has 0 bridgehead atoms. The summed E-state index contributed by atoms with van der Waals surface area (Å²) in [5, 5.41) is 0. The minimum Gasteiger partial charge on any atom is -0.339 e. The maximum absolute atomic E-state index is 12.3. The smallest absolute Gasteiger partial charge is 0.226 e. The Morgan fingerprint density at radius 2 is 1.94 bits per heavy atom. The van der Waals surface area contributed by atoms with Crippen molar-refractivity contribution in [2.75, 3.05) is 13.1 Å². The number of nitrogens with two attached hydrogens (primary N) is 1. The fourth-order valence-corrected chi connectivity index (χ4v) is 3.46. The molecule has 1 heterocycles. The summed E-state index contributed by atoms with van der Waals surface area (Å²) < 4.78 is 0. The molecule has 1 amide bonds. The molecule has 0 aromatic heterocycles. The highest BCUT2D eigenvalue weighted by atomic mass is 16.2. The summed E-state index contributed by atoms with van der Waals surface area (Å²) in [6, 6.07) is 0.525. The summed E-state index contributed by atoms with van der Waals surface area (Å²) in [6.45, 7) is 3.40. The summed E-state index contributed by atoms with van der Waals surface area (Å²) in [5.74, 6) is 1.06. The van der Waals surface area contributed by atoms with Gasteiger partial charge in [-0.2, -0.15) is 0 Å². The fraction of sp³-hybridized carbons (Fsp3) is 0.929. The molecule has 1 aliphatic carbocycles. The number of hydrogen-bond acceptors (Lipinski definition) is 2. The highest BCUT2D eigenvalue weighted by Crippen LogP contribution is 2.34. The molecule has 17 heavy (non-hydrogen) atoms. The molecule has 1 aliphatic heterocycles. The van der Waals surface area contributed by atoms with Gasteiger partial charge in [0.15, 0.2) is 0 Å². The van der Waals surface area contributed by atoms with Gasteiger partial charge in [0.2, 0.25) is 5.91 Å². The number of carbonyl (C=O) groups excluding carboxylic acids is 1. The van der Waals surface area contributed by atoms with Crippen LogP contribution in [0.3, 0.4) is 0 Å². The van der Waals surface area contributed by atoms with E-state index < -0.39 is 0 Å². The highest BCUT2D eigenvalue weighted by Gasteiger charge is 2.36. The van der Waals surface area contributed by atoms with E-state index in [9.17, 15) is 4.79 Å². The van der Waals surface area contributed by atoms with Gasteiger partial charge in [-0.3, -0.25) is 4.79 Å². The monoisotopic (exact) mass is 238 g/mol. The number of hydrogen-bond donors (Lipinski definition) is 1. The Balaban J connectivity index is 1.98. The maximum atomic E-state index is 12.3. The molecule has 2 unspecified atom stereocenters. The van der Waals surface area contributed by atoms with Crippen LogP contribution < -0.4 is 5.73 Å². The number of rotatable bonds is 3. The Bertz CT molecular complexity index is 261. The number of carbonyl (C=O) groups is 1. The highest BCUT2D eigenvalue weighted by molar-refractivity contribution is 5.79. The third kappa shape index (κ3) is 2.82. The average Bonchev–Trinajstić information content (AvgIpc) is 2.87. The van der Waals surface area contributed by atoms with Gasteiger partial charge in [0, 0.05) is 25.0 Å². The zero-order valence-corrected chi connectivity index (χ0v) is 11.0. The maximum Gasteiger partial charge on any atom is 0.226 e. The van der Waals surface area contributed by atoms with Gasteiger partial charge in [0.25, 0.3) is 0 Å². The van der Waals surface area contributed by atoms with Gasteiger partial charge in [0.05, 0.1) is 0 Å². The lowest BCUT2D eigenvalue weighted by Crippen LogP contribution is -2.44. The van der Waals surface area contributed by atoms with Crippen molar-refractivity contribution in [1.29, 1.82) is 0 Å². The van der Waals surface area contributed by atoms with Gasteiger partial charge < -0.3 is 10.6 Å². The van der Waals surface area contributed by atoms with Gasteiger partial charge in [-0.15, -0.1) is 0 Å². The first-order valence-electron chi connectivity index (χ1n) is 7.24. The Morgan fingerprint density at radius 1 is 1.24 bits per heavy atom. The zero-order chi connectivity index (χ0) is 12.3. The Morgan fingerprint density at radius 3 is 2.59 bits per heavy atom. The lowest BCUT2D eigenvalue weighted by Gasteiger charge is -2.35. The molecule has 2 rings (SSSR count). The Hall–Kier alpha value is -0.570. The van der Waals surface area contributed by atoms with E-state index in [0.717, 1.165) is 12.5 Å². The van der Waals surface area contributed by atoms with Crippen molar-refractivity contribution in [3.8, 4) is 0 Å². The largest absolute Gasteiger partial charge is 0.339 e. The van der Waals surface area contributed by atoms with Crippen LogP contribution in [0.5, 0.6) is 0 Å². The molecule has 98 valence electrons. The molecular weight excluding hydrogens is 212 g/mol. The van der Waals surface area contributed by atoms with Crippen LogP contribution in [0.15, 0.2) is 0 Å². The van der Waals surface area contributed by atoms with Crippen LogP contribution in [0.2, 0.25) is 0 Å². The minimum absolute atomic E-state index is 0.000749. The van der Waals surface area contributed by atoms with Gasteiger partial charge in [-0.05, 0) is 31.6 Å². The van der Waals surface area contributed by atoms with E-state index in [2.05, 4.69) is 4.90 Å². The zero-order valence-electron chi connectivity index (χ0n) is 11.0. The van der Waals surface area contributed by atoms with Crippen molar-refractivity contribution in [2.24, 2.45) is 17.6 Å². The van der Waals surface area contributed by atoms with E-state index in [0.29, 0.717) is 18.5 Å². The molecule has 2 fully saturated rings. The second-order valence-electron chi connectivity index (χ2n) is 5.78. The van der Waals surface area contributed by atoms with Crippen LogP contribution in [0.4, 0.5) is 0 Å². The van der Waals surface area contributed by atoms with Crippen LogP contribution in [0.25, 0.3) is 0 Å². The first-order chi connectivity index (χ1) is 8.24. The van der Waals surface area contributed by atoms with Crippen LogP contribution in [0.1, 0.15) is 51.9 Å². The first kappa shape index (κ1) is 12.9. The van der Waals surface area contributed by atoms with Crippen molar-refractivity contribution < 1.29 is 4.79 Å². The molecule has 3 nitrogen and oxygen atoms in total. The van der Waals surface area contributed by atoms with E-state index in [4.69, 9.17) is 5.73 Å². The second-order valence-corrected chi connectivity index (χ2v) is 5.78. The average molecular weight is 238 g/mol. The molecule has 0 spiro atoms. The van der Waals surface area contributed by atoms with Crippen LogP contribution in [-0.2, 0) is 4.79 Å². The van der Waals surface area contributed by atoms with E-state index >= 15 is 0 Å². The molecule has 0 aromatic rings. The normalized spacial score (nSPS) is 28.4. The van der Waals surface area contributed by atoms with Crippen molar-refractivity contribution in [3.05, 3.63) is 0 Å². The molecule has 1 saturated heterocycles. The summed E-state index contributed by atoms with van der Waals surface area (Å²) >= 11 is 0. The minimum atomic E-state index is -0.000749. The van der Waals surface area contributed by atoms with Crippen LogP contribution in [-0.4, -0.2) is 29.9 Å². The lowest BCUT2D eigenvalue weighted by molar-refractivity contribution is -0.136. The summed E-state index contributed by atoms with van der Waals surface area (Å²) in [6.07, 6.45) is 9.15. The number of amides is 1.